The van der Waals surface area contributed by atoms with E-state index in [1.807, 2.05) is 0 Å². The zero-order valence-electron chi connectivity index (χ0n) is 7.01. The van der Waals surface area contributed by atoms with Gasteiger partial charge in [0.2, 0.25) is 0 Å². The van der Waals surface area contributed by atoms with Crippen molar-refractivity contribution in [1.29, 1.82) is 0 Å². The van der Waals surface area contributed by atoms with Crippen LogP contribution in [0.5, 0.6) is 0 Å². The van der Waals surface area contributed by atoms with Crippen LogP contribution in [0.4, 0.5) is 0 Å². The van der Waals surface area contributed by atoms with E-state index in [9.17, 15) is 0 Å². The lowest BCUT2D eigenvalue weighted by molar-refractivity contribution is 0.212. The van der Waals surface area contributed by atoms with Crippen LogP contribution in [-0.2, 0) is 0 Å². The Hall–Kier alpha value is -0.0800. The number of nitrogens with two attached hydrogens (primary N) is 1. The van der Waals surface area contributed by atoms with Crippen molar-refractivity contribution in [2.45, 2.75) is 26.7 Å². The summed E-state index contributed by atoms with van der Waals surface area (Å²) in [7, 11) is 0. The molecule has 2 unspecified atom stereocenters. The smallest absolute Gasteiger partial charge is 0.0456 e. The Bertz CT molecular complexity index is 71.7. The van der Waals surface area contributed by atoms with E-state index < -0.39 is 0 Å². The summed E-state index contributed by atoms with van der Waals surface area (Å²) in [6, 6.07) is 0. The monoisotopic (exact) mass is 145 g/mol. The van der Waals surface area contributed by atoms with E-state index in [1.54, 1.807) is 0 Å². The fourth-order valence-electron chi connectivity index (χ4n) is 1.07. The molecule has 0 aromatic carbocycles. The van der Waals surface area contributed by atoms with Gasteiger partial charge in [0.25, 0.3) is 0 Å². The molecule has 10 heavy (non-hydrogen) atoms. The number of hydrogen-bond donors (Lipinski definition) is 2. The minimum atomic E-state index is 0.288. The van der Waals surface area contributed by atoms with E-state index in [0.717, 1.165) is 19.4 Å². The maximum absolute atomic E-state index is 8.73. The van der Waals surface area contributed by atoms with Gasteiger partial charge in [-0.05, 0) is 24.8 Å². The van der Waals surface area contributed by atoms with Crippen molar-refractivity contribution in [3.05, 3.63) is 0 Å². The van der Waals surface area contributed by atoms with Gasteiger partial charge < -0.3 is 10.8 Å². The quantitative estimate of drug-likeness (QED) is 0.606. The first-order valence-electron chi connectivity index (χ1n) is 4.05. The van der Waals surface area contributed by atoms with Crippen molar-refractivity contribution >= 4 is 0 Å². The Morgan fingerprint density at radius 3 is 2.40 bits per heavy atom. The molecule has 0 aromatic rings. The second kappa shape index (κ2) is 5.69. The van der Waals surface area contributed by atoms with Gasteiger partial charge in [-0.2, -0.15) is 0 Å². The highest BCUT2D eigenvalue weighted by atomic mass is 16.3. The van der Waals surface area contributed by atoms with Crippen LogP contribution >= 0.6 is 0 Å². The Morgan fingerprint density at radius 1 is 1.50 bits per heavy atom. The van der Waals surface area contributed by atoms with Crippen LogP contribution in [0.1, 0.15) is 26.7 Å². The topological polar surface area (TPSA) is 46.2 Å². The predicted octanol–water partition coefficient (Wildman–Crippen LogP) is 0.990. The first-order chi connectivity index (χ1) is 4.74. The van der Waals surface area contributed by atoms with Crippen LogP contribution < -0.4 is 5.73 Å². The van der Waals surface area contributed by atoms with Crippen LogP contribution in [0.3, 0.4) is 0 Å². The largest absolute Gasteiger partial charge is 0.396 e. The van der Waals surface area contributed by atoms with Crippen molar-refractivity contribution < 1.29 is 5.11 Å². The van der Waals surface area contributed by atoms with E-state index in [2.05, 4.69) is 13.8 Å². The normalized spacial score (nSPS) is 16.8. The maximum atomic E-state index is 8.73. The molecule has 2 atom stereocenters. The molecule has 0 fully saturated rings. The zero-order chi connectivity index (χ0) is 7.98. The lowest BCUT2D eigenvalue weighted by atomic mass is 9.94. The van der Waals surface area contributed by atoms with E-state index in [0.29, 0.717) is 11.8 Å². The molecule has 0 amide bonds. The number of aliphatic hydroxyl groups is 1. The molecular formula is C8H19NO. The zero-order valence-corrected chi connectivity index (χ0v) is 7.01. The van der Waals surface area contributed by atoms with Gasteiger partial charge in [0, 0.05) is 6.61 Å². The lowest BCUT2D eigenvalue weighted by Crippen LogP contribution is -2.17. The van der Waals surface area contributed by atoms with Gasteiger partial charge in [-0.1, -0.05) is 20.3 Å². The molecule has 2 nitrogen and oxygen atoms in total. The van der Waals surface area contributed by atoms with Gasteiger partial charge in [-0.25, -0.2) is 0 Å². The van der Waals surface area contributed by atoms with Crippen molar-refractivity contribution in [3.63, 3.8) is 0 Å². The summed E-state index contributed by atoms with van der Waals surface area (Å²) in [5.74, 6) is 1.01. The Balaban J connectivity index is 3.41. The summed E-state index contributed by atoms with van der Waals surface area (Å²) in [4.78, 5) is 0. The van der Waals surface area contributed by atoms with Crippen LogP contribution in [0.25, 0.3) is 0 Å². The third kappa shape index (κ3) is 3.85. The Morgan fingerprint density at radius 2 is 2.10 bits per heavy atom. The number of hydrogen-bond acceptors (Lipinski definition) is 2. The first kappa shape index (κ1) is 9.92. The average Bonchev–Trinajstić information content (AvgIpc) is 1.99. The van der Waals surface area contributed by atoms with Crippen molar-refractivity contribution in [3.8, 4) is 0 Å². The van der Waals surface area contributed by atoms with Gasteiger partial charge in [0.15, 0.2) is 0 Å². The second-order valence-corrected chi connectivity index (χ2v) is 3.03. The van der Waals surface area contributed by atoms with Crippen molar-refractivity contribution in [2.75, 3.05) is 13.2 Å². The molecule has 0 spiro atoms. The third-order valence-corrected chi connectivity index (χ3v) is 1.96. The van der Waals surface area contributed by atoms with Gasteiger partial charge in [-0.3, -0.25) is 0 Å². The van der Waals surface area contributed by atoms with Crippen molar-refractivity contribution in [1.82, 2.24) is 0 Å². The van der Waals surface area contributed by atoms with Crippen molar-refractivity contribution in [2.24, 2.45) is 17.6 Å². The minimum absolute atomic E-state index is 0.288. The van der Waals surface area contributed by atoms with Crippen LogP contribution in [0.2, 0.25) is 0 Å². The van der Waals surface area contributed by atoms with E-state index in [4.69, 9.17) is 10.8 Å². The fraction of sp³-hybridized carbons (Fsp3) is 1.00. The van der Waals surface area contributed by atoms with Crippen LogP contribution in [0.15, 0.2) is 0 Å². The average molecular weight is 145 g/mol. The van der Waals surface area contributed by atoms with Crippen LogP contribution in [-0.4, -0.2) is 18.3 Å². The van der Waals surface area contributed by atoms with E-state index in [-0.39, 0.29) is 6.61 Å². The molecule has 0 bridgehead atoms. The summed E-state index contributed by atoms with van der Waals surface area (Å²) in [5, 5.41) is 8.73. The molecule has 2 heteroatoms. The molecule has 0 radical (unpaired) electrons. The predicted molar refractivity (Wildman–Crippen MR) is 43.7 cm³/mol. The molecule has 3 N–H and O–H groups in total. The molecule has 0 heterocycles. The van der Waals surface area contributed by atoms with Gasteiger partial charge in [0.1, 0.15) is 0 Å². The standard InChI is InChI=1S/C8H19NO/c1-3-8(5-9)4-7(2)6-10/h7-8,10H,3-6,9H2,1-2H3. The van der Waals surface area contributed by atoms with Gasteiger partial charge in [-0.15, -0.1) is 0 Å². The summed E-state index contributed by atoms with van der Waals surface area (Å²) >= 11 is 0. The highest BCUT2D eigenvalue weighted by molar-refractivity contribution is 4.61. The molecule has 0 aliphatic heterocycles. The second-order valence-electron chi connectivity index (χ2n) is 3.03. The van der Waals surface area contributed by atoms with Gasteiger partial charge in [0.05, 0.1) is 0 Å². The number of rotatable bonds is 5. The summed E-state index contributed by atoms with van der Waals surface area (Å²) < 4.78 is 0. The molecule has 0 aliphatic carbocycles. The minimum Gasteiger partial charge on any atom is -0.396 e. The summed E-state index contributed by atoms with van der Waals surface area (Å²) in [5.41, 5.74) is 5.50. The van der Waals surface area contributed by atoms with Gasteiger partial charge >= 0.3 is 0 Å². The summed E-state index contributed by atoms with van der Waals surface area (Å²) in [6.07, 6.45) is 2.18. The number of aliphatic hydroxyl groups excluding tert-OH is 1. The maximum Gasteiger partial charge on any atom is 0.0456 e. The molecule has 0 saturated heterocycles. The Kier molecular flexibility index (Phi) is 5.64. The third-order valence-electron chi connectivity index (χ3n) is 1.96. The highest BCUT2D eigenvalue weighted by Gasteiger charge is 2.08. The molecular weight excluding hydrogens is 126 g/mol. The fourth-order valence-corrected chi connectivity index (χ4v) is 1.07. The SMILES string of the molecule is CCC(CN)CC(C)CO. The summed E-state index contributed by atoms with van der Waals surface area (Å²) in [6.45, 7) is 5.23. The first-order valence-corrected chi connectivity index (χ1v) is 4.05. The highest BCUT2D eigenvalue weighted by Crippen LogP contribution is 2.13. The molecule has 0 rings (SSSR count). The lowest BCUT2D eigenvalue weighted by Gasteiger charge is -2.15. The molecule has 62 valence electrons. The molecule has 0 aromatic heterocycles. The van der Waals surface area contributed by atoms with E-state index in [1.165, 1.54) is 0 Å². The van der Waals surface area contributed by atoms with Crippen LogP contribution in [0, 0.1) is 11.8 Å². The molecule has 0 aliphatic rings. The Labute approximate surface area is 63.4 Å². The van der Waals surface area contributed by atoms with E-state index >= 15 is 0 Å². The molecule has 0 saturated carbocycles.